The molecular formula is C28H32N2O5. The molecule has 0 saturated carbocycles. The van der Waals surface area contributed by atoms with Gasteiger partial charge < -0.3 is 20.1 Å². The summed E-state index contributed by atoms with van der Waals surface area (Å²) < 4.78 is 5.64. The fourth-order valence-corrected chi connectivity index (χ4v) is 4.96. The zero-order valence-electron chi connectivity index (χ0n) is 20.2. The number of likely N-dealkylation sites (tertiary alicyclic amines) is 1. The Kier molecular flexibility index (Phi) is 7.54. The summed E-state index contributed by atoms with van der Waals surface area (Å²) in [7, 11) is 0. The molecule has 2 amide bonds. The number of ether oxygens (including phenoxy) is 1. The Bertz CT molecular complexity index is 1090. The maximum atomic E-state index is 13.2. The highest BCUT2D eigenvalue weighted by Gasteiger charge is 2.33. The molecule has 1 fully saturated rings. The Morgan fingerprint density at radius 3 is 2.31 bits per heavy atom. The second kappa shape index (κ2) is 10.8. The number of nitrogens with one attached hydrogen (secondary N) is 1. The maximum absolute atomic E-state index is 13.2. The third kappa shape index (κ3) is 5.56. The quantitative estimate of drug-likeness (QED) is 0.571. The largest absolute Gasteiger partial charge is 0.481 e. The minimum atomic E-state index is -0.896. The van der Waals surface area contributed by atoms with Crippen molar-refractivity contribution in [3.8, 4) is 11.1 Å². The topological polar surface area (TPSA) is 95.9 Å². The normalized spacial score (nSPS) is 17.7. The van der Waals surface area contributed by atoms with E-state index in [2.05, 4.69) is 29.6 Å². The first kappa shape index (κ1) is 24.5. The van der Waals surface area contributed by atoms with Gasteiger partial charge in [-0.05, 0) is 55.4 Å². The van der Waals surface area contributed by atoms with Crippen molar-refractivity contribution in [3.63, 3.8) is 0 Å². The van der Waals surface area contributed by atoms with Gasteiger partial charge in [0.2, 0.25) is 5.91 Å². The number of amides is 2. The highest BCUT2D eigenvalue weighted by molar-refractivity contribution is 5.86. The monoisotopic (exact) mass is 476 g/mol. The van der Waals surface area contributed by atoms with E-state index in [1.165, 1.54) is 0 Å². The van der Waals surface area contributed by atoms with E-state index in [-0.39, 0.29) is 25.0 Å². The fourth-order valence-electron chi connectivity index (χ4n) is 4.96. The van der Waals surface area contributed by atoms with Crippen LogP contribution in [0.4, 0.5) is 4.79 Å². The number of alkyl carbamates (subject to hydrolysis) is 1. The molecule has 1 aliphatic heterocycles. The van der Waals surface area contributed by atoms with Gasteiger partial charge in [0, 0.05) is 19.0 Å². The van der Waals surface area contributed by atoms with E-state index in [4.69, 9.17) is 4.74 Å². The Hall–Kier alpha value is -3.61. The minimum Gasteiger partial charge on any atom is -0.481 e. The van der Waals surface area contributed by atoms with E-state index < -0.39 is 24.0 Å². The molecule has 2 aromatic rings. The summed E-state index contributed by atoms with van der Waals surface area (Å²) in [5, 5.41) is 12.1. The maximum Gasteiger partial charge on any atom is 0.407 e. The lowest BCUT2D eigenvalue weighted by Gasteiger charge is -2.33. The third-order valence-electron chi connectivity index (χ3n) is 6.78. The molecule has 2 N–H and O–H groups in total. The van der Waals surface area contributed by atoms with Crippen LogP contribution in [0.15, 0.2) is 60.2 Å². The molecule has 1 heterocycles. The smallest absolute Gasteiger partial charge is 0.407 e. The van der Waals surface area contributed by atoms with Crippen molar-refractivity contribution >= 4 is 18.0 Å². The third-order valence-corrected chi connectivity index (χ3v) is 6.78. The molecule has 7 heteroatoms. The van der Waals surface area contributed by atoms with E-state index in [1.807, 2.05) is 44.2 Å². The van der Waals surface area contributed by atoms with E-state index in [0.717, 1.165) is 27.8 Å². The Labute approximate surface area is 205 Å². The van der Waals surface area contributed by atoms with Crippen LogP contribution in [0.5, 0.6) is 0 Å². The number of hydrogen-bond donors (Lipinski definition) is 2. The van der Waals surface area contributed by atoms with Crippen molar-refractivity contribution in [2.24, 2.45) is 5.92 Å². The summed E-state index contributed by atoms with van der Waals surface area (Å²) in [6, 6.07) is 15.4. The van der Waals surface area contributed by atoms with Crippen molar-refractivity contribution in [2.75, 3.05) is 19.7 Å². The van der Waals surface area contributed by atoms with Gasteiger partial charge >= 0.3 is 12.1 Å². The molecule has 0 aromatic heterocycles. The SMILES string of the molecule is CC(C)=CCC(NC(=O)OCC1c2ccccc2-c2ccccc21)C(=O)N1CCC[C@H](C(=O)O)C1. The number of rotatable bonds is 7. The summed E-state index contributed by atoms with van der Waals surface area (Å²) in [6.45, 7) is 4.66. The van der Waals surface area contributed by atoms with E-state index in [9.17, 15) is 19.5 Å². The van der Waals surface area contributed by atoms with Gasteiger partial charge in [0.15, 0.2) is 0 Å². The predicted octanol–water partition coefficient (Wildman–Crippen LogP) is 4.57. The van der Waals surface area contributed by atoms with Crippen molar-refractivity contribution < 1.29 is 24.2 Å². The minimum absolute atomic E-state index is 0.0708. The highest BCUT2D eigenvalue weighted by Crippen LogP contribution is 2.44. The summed E-state index contributed by atoms with van der Waals surface area (Å²) in [4.78, 5) is 39.0. The number of carboxylic acid groups (broad SMARTS) is 1. The van der Waals surface area contributed by atoms with Crippen LogP contribution in [0.25, 0.3) is 11.1 Å². The zero-order chi connectivity index (χ0) is 24.9. The lowest BCUT2D eigenvalue weighted by atomic mass is 9.97. The van der Waals surface area contributed by atoms with Crippen molar-refractivity contribution in [1.29, 1.82) is 0 Å². The molecule has 7 nitrogen and oxygen atoms in total. The summed E-state index contributed by atoms with van der Waals surface area (Å²) in [5.74, 6) is -1.82. The molecule has 1 aliphatic carbocycles. The number of carbonyl (C=O) groups is 3. The van der Waals surface area contributed by atoms with Crippen LogP contribution in [0.2, 0.25) is 0 Å². The van der Waals surface area contributed by atoms with Gasteiger partial charge in [0.25, 0.3) is 0 Å². The molecule has 2 aromatic carbocycles. The van der Waals surface area contributed by atoms with Gasteiger partial charge in [-0.1, -0.05) is 60.2 Å². The second-order valence-corrected chi connectivity index (χ2v) is 9.50. The number of piperidine rings is 1. The van der Waals surface area contributed by atoms with Gasteiger partial charge in [0.1, 0.15) is 12.6 Å². The van der Waals surface area contributed by atoms with Gasteiger partial charge in [-0.3, -0.25) is 9.59 Å². The number of fused-ring (bicyclic) bond motifs is 3. The van der Waals surface area contributed by atoms with E-state index >= 15 is 0 Å². The molecule has 2 aliphatic rings. The Morgan fingerprint density at radius 2 is 1.71 bits per heavy atom. The first-order valence-electron chi connectivity index (χ1n) is 12.1. The summed E-state index contributed by atoms with van der Waals surface area (Å²) in [5.41, 5.74) is 5.55. The van der Waals surface area contributed by atoms with Crippen LogP contribution in [-0.2, 0) is 14.3 Å². The first-order valence-corrected chi connectivity index (χ1v) is 12.1. The molecule has 0 bridgehead atoms. The summed E-state index contributed by atoms with van der Waals surface area (Å²) >= 11 is 0. The number of benzene rings is 2. The molecule has 184 valence electrons. The van der Waals surface area contributed by atoms with Crippen molar-refractivity contribution in [3.05, 3.63) is 71.3 Å². The molecule has 1 saturated heterocycles. The first-order chi connectivity index (χ1) is 16.8. The second-order valence-electron chi connectivity index (χ2n) is 9.50. The molecule has 0 spiro atoms. The van der Waals surface area contributed by atoms with Crippen LogP contribution < -0.4 is 5.32 Å². The standard InChI is InChI=1S/C28H32N2O5/c1-18(2)13-14-25(26(31)30-15-7-8-19(16-30)27(32)33)29-28(34)35-17-24-22-11-5-3-9-20(22)21-10-4-6-12-23(21)24/h3-6,9-13,19,24-25H,7-8,14-17H2,1-2H3,(H,29,34)(H,32,33)/t19-,25?/m0/s1. The number of allylic oxidation sites excluding steroid dienone is 1. The lowest BCUT2D eigenvalue weighted by Crippen LogP contribution is -2.52. The van der Waals surface area contributed by atoms with Crippen LogP contribution in [0.3, 0.4) is 0 Å². The van der Waals surface area contributed by atoms with Gasteiger partial charge in [-0.2, -0.15) is 0 Å². The lowest BCUT2D eigenvalue weighted by molar-refractivity contribution is -0.146. The molecule has 4 rings (SSSR count). The highest BCUT2D eigenvalue weighted by atomic mass is 16.5. The van der Waals surface area contributed by atoms with Crippen molar-refractivity contribution in [1.82, 2.24) is 10.2 Å². The molecular weight excluding hydrogens is 444 g/mol. The van der Waals surface area contributed by atoms with Gasteiger partial charge in [0.05, 0.1) is 5.92 Å². The number of nitrogens with zero attached hydrogens (tertiary/aromatic N) is 1. The van der Waals surface area contributed by atoms with Crippen LogP contribution in [0, 0.1) is 5.92 Å². The Morgan fingerprint density at radius 1 is 1.09 bits per heavy atom. The summed E-state index contributed by atoms with van der Waals surface area (Å²) in [6.07, 6.45) is 2.74. The van der Waals surface area contributed by atoms with Crippen LogP contribution in [-0.4, -0.2) is 53.7 Å². The number of aliphatic carboxylic acids is 1. The number of carboxylic acids is 1. The number of hydrogen-bond acceptors (Lipinski definition) is 4. The van der Waals surface area contributed by atoms with Gasteiger partial charge in [-0.25, -0.2) is 4.79 Å². The average molecular weight is 477 g/mol. The van der Waals surface area contributed by atoms with Gasteiger partial charge in [-0.15, -0.1) is 0 Å². The number of carbonyl (C=O) groups excluding carboxylic acids is 2. The fraction of sp³-hybridized carbons (Fsp3) is 0.393. The zero-order valence-corrected chi connectivity index (χ0v) is 20.2. The van der Waals surface area contributed by atoms with Crippen molar-refractivity contribution in [2.45, 2.75) is 45.1 Å². The van der Waals surface area contributed by atoms with E-state index in [0.29, 0.717) is 25.8 Å². The predicted molar refractivity (Wildman–Crippen MR) is 133 cm³/mol. The average Bonchev–Trinajstić information content (AvgIpc) is 3.18. The molecule has 2 atom stereocenters. The van der Waals surface area contributed by atoms with Crippen LogP contribution in [0.1, 0.15) is 50.2 Å². The molecule has 0 radical (unpaired) electrons. The van der Waals surface area contributed by atoms with E-state index in [1.54, 1.807) is 4.90 Å². The molecule has 35 heavy (non-hydrogen) atoms. The Balaban J connectivity index is 1.44. The molecule has 1 unspecified atom stereocenters. The van der Waals surface area contributed by atoms with Crippen LogP contribution >= 0.6 is 0 Å².